The molecule has 31 heavy (non-hydrogen) atoms. The molecule has 11 heteroatoms. The predicted molar refractivity (Wildman–Crippen MR) is 105 cm³/mol. The number of amides is 2. The molecular weight excluding hydrogens is 416 g/mol. The summed E-state index contributed by atoms with van der Waals surface area (Å²) in [5, 5.41) is 4.97. The van der Waals surface area contributed by atoms with E-state index < -0.39 is 48.8 Å². The van der Waals surface area contributed by atoms with E-state index in [2.05, 4.69) is 15.4 Å². The van der Waals surface area contributed by atoms with Gasteiger partial charge in [0.1, 0.15) is 17.7 Å². The summed E-state index contributed by atoms with van der Waals surface area (Å²) >= 11 is 0. The Labute approximate surface area is 178 Å². The van der Waals surface area contributed by atoms with Crippen LogP contribution in [0.25, 0.3) is 0 Å². The molecule has 0 unspecified atom stereocenters. The van der Waals surface area contributed by atoms with E-state index in [9.17, 15) is 23.2 Å². The summed E-state index contributed by atoms with van der Waals surface area (Å²) in [4.78, 5) is 37.8. The molecule has 1 saturated heterocycles. The molecule has 0 aliphatic carbocycles. The average Bonchev–Trinajstić information content (AvgIpc) is 3.49. The van der Waals surface area contributed by atoms with Crippen molar-refractivity contribution in [1.29, 1.82) is 0 Å². The van der Waals surface area contributed by atoms with Gasteiger partial charge in [0, 0.05) is 7.11 Å². The lowest BCUT2D eigenvalue weighted by molar-refractivity contribution is -0.143. The van der Waals surface area contributed by atoms with E-state index in [0.29, 0.717) is 0 Å². The first-order valence-corrected chi connectivity index (χ1v) is 9.63. The van der Waals surface area contributed by atoms with E-state index in [1.165, 1.54) is 7.11 Å². The van der Waals surface area contributed by atoms with Gasteiger partial charge in [-0.3, -0.25) is 14.4 Å². The second-order valence-corrected chi connectivity index (χ2v) is 7.35. The zero-order valence-corrected chi connectivity index (χ0v) is 17.3. The number of carbonyl (C=O) groups is 3. The molecule has 2 amide bonds. The molecule has 1 aromatic carbocycles. The monoisotopic (exact) mass is 443 g/mol. The van der Waals surface area contributed by atoms with Gasteiger partial charge < -0.3 is 30.6 Å². The van der Waals surface area contributed by atoms with Crippen LogP contribution in [0.1, 0.15) is 12.5 Å². The van der Waals surface area contributed by atoms with Crippen molar-refractivity contribution in [2.24, 2.45) is 5.73 Å². The van der Waals surface area contributed by atoms with Crippen molar-refractivity contribution in [3.63, 3.8) is 0 Å². The van der Waals surface area contributed by atoms with Crippen LogP contribution in [0.3, 0.4) is 0 Å². The van der Waals surface area contributed by atoms with Crippen molar-refractivity contribution in [1.82, 2.24) is 10.6 Å². The molecular formula is C20H27F2N3O6. The first kappa shape index (κ1) is 24.8. The smallest absolute Gasteiger partial charge is 0.345 e. The summed E-state index contributed by atoms with van der Waals surface area (Å²) in [6.07, 6.45) is 0.222. The van der Waals surface area contributed by atoms with Crippen LogP contribution in [-0.2, 0) is 35.0 Å². The standard InChI is InChI=1S/C20H27F2N3O6/c1-20(11-31-20)16(26)14(8-12-6-4-3-5-7-12)24-18(28)15(10-29-2)25-17(27)13(23)9-30-19(21)22/h3-7,13-15,19H,8-11,23H2,1-2H3,(H,24,28)(H,25,27)/t13-,14-,15-,20-/m0/s1. The number of Topliss-reactive ketones (excluding diaryl/α,β-unsaturated/α-hetero) is 1. The van der Waals surface area contributed by atoms with E-state index in [1.807, 2.05) is 30.3 Å². The number of nitrogens with two attached hydrogens (primary N) is 1. The number of methoxy groups -OCH3 is 1. The molecule has 0 radical (unpaired) electrons. The molecule has 0 aromatic heterocycles. The largest absolute Gasteiger partial charge is 0.382 e. The molecule has 9 nitrogen and oxygen atoms in total. The molecule has 1 aliphatic rings. The molecule has 0 bridgehead atoms. The lowest BCUT2D eigenvalue weighted by Crippen LogP contribution is -2.58. The van der Waals surface area contributed by atoms with Gasteiger partial charge in [-0.1, -0.05) is 30.3 Å². The Morgan fingerprint density at radius 1 is 1.13 bits per heavy atom. The van der Waals surface area contributed by atoms with E-state index in [4.69, 9.17) is 15.2 Å². The molecule has 1 aliphatic heterocycles. The van der Waals surface area contributed by atoms with Crippen LogP contribution in [0.4, 0.5) is 8.78 Å². The molecule has 0 saturated carbocycles. The molecule has 1 fully saturated rings. The van der Waals surface area contributed by atoms with Crippen LogP contribution >= 0.6 is 0 Å². The van der Waals surface area contributed by atoms with E-state index in [1.54, 1.807) is 6.92 Å². The Kier molecular flexibility index (Phi) is 8.99. The lowest BCUT2D eigenvalue weighted by Gasteiger charge is -2.24. The Hall–Kier alpha value is -2.47. The van der Waals surface area contributed by atoms with Crippen molar-refractivity contribution in [2.45, 2.75) is 43.7 Å². The number of carbonyl (C=O) groups excluding carboxylic acids is 3. The third-order valence-corrected chi connectivity index (χ3v) is 4.72. The topological polar surface area (TPSA) is 132 Å². The van der Waals surface area contributed by atoms with Gasteiger partial charge in [0.2, 0.25) is 11.8 Å². The van der Waals surface area contributed by atoms with Gasteiger partial charge in [-0.05, 0) is 18.9 Å². The molecule has 1 aromatic rings. The van der Waals surface area contributed by atoms with E-state index >= 15 is 0 Å². The van der Waals surface area contributed by atoms with Crippen molar-refractivity contribution in [3.8, 4) is 0 Å². The molecule has 4 N–H and O–H groups in total. The van der Waals surface area contributed by atoms with Gasteiger partial charge in [-0.2, -0.15) is 8.78 Å². The summed E-state index contributed by atoms with van der Waals surface area (Å²) < 4.78 is 38.5. The maximum Gasteiger partial charge on any atom is 0.345 e. The molecule has 2 rings (SSSR count). The van der Waals surface area contributed by atoms with Crippen molar-refractivity contribution < 1.29 is 37.4 Å². The second-order valence-electron chi connectivity index (χ2n) is 7.35. The predicted octanol–water partition coefficient (Wildman–Crippen LogP) is -0.230. The maximum absolute atomic E-state index is 12.9. The van der Waals surface area contributed by atoms with Gasteiger partial charge in [0.05, 0.1) is 25.9 Å². The number of benzene rings is 1. The fourth-order valence-corrected chi connectivity index (χ4v) is 2.83. The zero-order valence-electron chi connectivity index (χ0n) is 17.3. The van der Waals surface area contributed by atoms with E-state index in [-0.39, 0.29) is 25.4 Å². The lowest BCUT2D eigenvalue weighted by atomic mass is 9.94. The Morgan fingerprint density at radius 2 is 1.74 bits per heavy atom. The van der Waals surface area contributed by atoms with E-state index in [0.717, 1.165) is 5.56 Å². The number of nitrogens with one attached hydrogen (secondary N) is 2. The second kappa shape index (κ2) is 11.2. The number of ketones is 1. The van der Waals surface area contributed by atoms with Crippen LogP contribution in [0.5, 0.6) is 0 Å². The van der Waals surface area contributed by atoms with Gasteiger partial charge in [0.25, 0.3) is 0 Å². The first-order valence-electron chi connectivity index (χ1n) is 9.63. The van der Waals surface area contributed by atoms with Crippen LogP contribution < -0.4 is 16.4 Å². The Bertz CT molecular complexity index is 761. The van der Waals surface area contributed by atoms with Gasteiger partial charge in [0.15, 0.2) is 5.78 Å². The highest BCUT2D eigenvalue weighted by Crippen LogP contribution is 2.29. The van der Waals surface area contributed by atoms with Crippen molar-refractivity contribution in [3.05, 3.63) is 35.9 Å². The Morgan fingerprint density at radius 3 is 2.29 bits per heavy atom. The molecule has 172 valence electrons. The zero-order chi connectivity index (χ0) is 23.0. The van der Waals surface area contributed by atoms with Crippen LogP contribution in [0.15, 0.2) is 30.3 Å². The Balaban J connectivity index is 2.06. The number of epoxide rings is 1. The quantitative estimate of drug-likeness (QED) is 0.359. The van der Waals surface area contributed by atoms with Crippen molar-refractivity contribution in [2.75, 3.05) is 26.9 Å². The number of ether oxygens (including phenoxy) is 3. The van der Waals surface area contributed by atoms with Crippen molar-refractivity contribution >= 4 is 17.6 Å². The van der Waals surface area contributed by atoms with Crippen LogP contribution in [0.2, 0.25) is 0 Å². The van der Waals surface area contributed by atoms with Gasteiger partial charge >= 0.3 is 6.61 Å². The molecule has 4 atom stereocenters. The number of halogens is 2. The molecule has 0 spiro atoms. The summed E-state index contributed by atoms with van der Waals surface area (Å²) in [6.45, 7) is -2.14. The molecule has 1 heterocycles. The van der Waals surface area contributed by atoms with Crippen LogP contribution in [0, 0.1) is 0 Å². The SMILES string of the molecule is COC[C@H](NC(=O)[C@@H](N)COC(F)F)C(=O)N[C@@H](Cc1ccccc1)C(=O)[C@]1(C)CO1. The third kappa shape index (κ3) is 7.62. The average molecular weight is 443 g/mol. The highest BCUT2D eigenvalue weighted by atomic mass is 19.3. The summed E-state index contributed by atoms with van der Waals surface area (Å²) in [5.41, 5.74) is 5.37. The minimum absolute atomic E-state index is 0.222. The fourth-order valence-electron chi connectivity index (χ4n) is 2.83. The van der Waals surface area contributed by atoms with Gasteiger partial charge in [-0.15, -0.1) is 0 Å². The summed E-state index contributed by atoms with van der Waals surface area (Å²) in [7, 11) is 1.32. The van der Waals surface area contributed by atoms with Gasteiger partial charge in [-0.25, -0.2) is 0 Å². The number of hydrogen-bond acceptors (Lipinski definition) is 7. The fraction of sp³-hybridized carbons (Fsp3) is 0.550. The maximum atomic E-state index is 12.9. The number of alkyl halides is 2. The number of hydrogen-bond donors (Lipinski definition) is 3. The highest BCUT2D eigenvalue weighted by Gasteiger charge is 2.50. The normalized spacial score (nSPS) is 20.6. The first-order chi connectivity index (χ1) is 14.7. The summed E-state index contributed by atoms with van der Waals surface area (Å²) in [5.74, 6) is -1.86. The summed E-state index contributed by atoms with van der Waals surface area (Å²) in [6, 6.07) is 5.56. The third-order valence-electron chi connectivity index (χ3n) is 4.72. The number of rotatable bonds is 13. The minimum atomic E-state index is -3.08. The van der Waals surface area contributed by atoms with Crippen LogP contribution in [-0.4, -0.2) is 74.9 Å². The minimum Gasteiger partial charge on any atom is -0.382 e. The highest BCUT2D eigenvalue weighted by molar-refractivity contribution is 5.98.